The fourth-order valence-corrected chi connectivity index (χ4v) is 6.11. The van der Waals surface area contributed by atoms with E-state index in [0.717, 1.165) is 35.5 Å². The van der Waals surface area contributed by atoms with Gasteiger partial charge >= 0.3 is 0 Å². The first-order valence-corrected chi connectivity index (χ1v) is 14.5. The zero-order valence-corrected chi connectivity index (χ0v) is 24.4. The maximum absolute atomic E-state index is 15.0. The van der Waals surface area contributed by atoms with E-state index in [0.29, 0.717) is 31.5 Å². The summed E-state index contributed by atoms with van der Waals surface area (Å²) in [5.74, 6) is -1.63. The number of carbonyl (C=O) groups is 2. The molecule has 2 fully saturated rings. The molecule has 216 valence electrons. The van der Waals surface area contributed by atoms with Crippen LogP contribution in [0.5, 0.6) is 0 Å². The van der Waals surface area contributed by atoms with Crippen molar-refractivity contribution in [2.24, 2.45) is 5.92 Å². The molecular weight excluding hydrogens is 517 g/mol. The van der Waals surface area contributed by atoms with Gasteiger partial charge in [0.15, 0.2) is 0 Å². The third-order valence-corrected chi connectivity index (χ3v) is 8.42. The van der Waals surface area contributed by atoms with Gasteiger partial charge in [0.2, 0.25) is 5.91 Å². The minimum atomic E-state index is -0.556. The molecule has 3 aromatic carbocycles. The molecule has 0 bridgehead atoms. The quantitative estimate of drug-likeness (QED) is 0.390. The highest BCUT2D eigenvalue weighted by molar-refractivity contribution is 5.98. The molecule has 2 saturated heterocycles. The summed E-state index contributed by atoms with van der Waals surface area (Å²) < 4.78 is 15.0. The van der Waals surface area contributed by atoms with Gasteiger partial charge in [-0.15, -0.1) is 0 Å². The van der Waals surface area contributed by atoms with E-state index in [1.807, 2.05) is 42.5 Å². The molecule has 2 heterocycles. The van der Waals surface area contributed by atoms with Crippen molar-refractivity contribution in [1.82, 2.24) is 4.90 Å². The number of β-amino-alcohol motifs (C(OH)–C–C–N with tert-alkyl or cyclic N) is 1. The normalized spacial score (nSPS) is 21.2. The lowest BCUT2D eigenvalue weighted by molar-refractivity contribution is -0.123. The van der Waals surface area contributed by atoms with Crippen LogP contribution >= 0.6 is 0 Å². The first-order chi connectivity index (χ1) is 19.5. The summed E-state index contributed by atoms with van der Waals surface area (Å²) in [5.41, 5.74) is 4.22. The maximum Gasteiger partial charge on any atom is 0.257 e. The molecule has 2 aliphatic rings. The smallest absolute Gasteiger partial charge is 0.257 e. The number of amides is 2. The summed E-state index contributed by atoms with van der Waals surface area (Å²) in [6, 6.07) is 19.9. The van der Waals surface area contributed by atoms with Gasteiger partial charge in [-0.1, -0.05) is 57.2 Å². The van der Waals surface area contributed by atoms with Crippen LogP contribution in [0.15, 0.2) is 66.7 Å². The van der Waals surface area contributed by atoms with E-state index in [1.165, 1.54) is 6.07 Å². The Morgan fingerprint density at radius 2 is 1.71 bits per heavy atom. The van der Waals surface area contributed by atoms with Crippen molar-refractivity contribution in [1.29, 1.82) is 0 Å². The first-order valence-electron chi connectivity index (χ1n) is 14.5. The van der Waals surface area contributed by atoms with Crippen LogP contribution in [0.25, 0.3) is 0 Å². The summed E-state index contributed by atoms with van der Waals surface area (Å²) in [6.45, 7) is 9.92. The van der Waals surface area contributed by atoms with Gasteiger partial charge in [0, 0.05) is 31.0 Å². The molecule has 0 radical (unpaired) electrons. The first kappa shape index (κ1) is 28.8. The molecule has 2 N–H and O–H groups in total. The fourth-order valence-electron chi connectivity index (χ4n) is 6.11. The summed E-state index contributed by atoms with van der Waals surface area (Å²) in [5, 5.41) is 13.1. The molecule has 2 aliphatic heterocycles. The number of aryl methyl sites for hydroxylation is 1. The highest BCUT2D eigenvalue weighted by atomic mass is 19.1. The van der Waals surface area contributed by atoms with Crippen molar-refractivity contribution in [3.63, 3.8) is 0 Å². The Labute approximate surface area is 242 Å². The molecule has 5 rings (SSSR count). The standard InChI is InChI=1S/C34H40FN3O3/c1-22-8-5-12-29(35)30(22)33(41)38-18-7-11-28(32(40)36-25-10-6-9-24(20-25)34(2,3)4)31(38)23-13-15-26(16-14-23)37-19-17-27(39)21-37/h5-6,8-10,12-16,20,27-28,31,39H,7,11,17-19,21H2,1-4H3,(H,36,40)/t27?,28-,31?/m0/s1. The number of aliphatic hydroxyl groups excluding tert-OH is 1. The number of piperidine rings is 1. The second-order valence-electron chi connectivity index (χ2n) is 12.4. The zero-order chi connectivity index (χ0) is 29.3. The summed E-state index contributed by atoms with van der Waals surface area (Å²) in [6.07, 6.45) is 1.64. The number of nitrogens with zero attached hydrogens (tertiary/aromatic N) is 2. The van der Waals surface area contributed by atoms with Crippen LogP contribution in [0.2, 0.25) is 0 Å². The minimum absolute atomic E-state index is 0.0547. The van der Waals surface area contributed by atoms with Crippen molar-refractivity contribution in [2.45, 2.75) is 64.5 Å². The summed E-state index contributed by atoms with van der Waals surface area (Å²) in [4.78, 5) is 31.7. The lowest BCUT2D eigenvalue weighted by atomic mass is 9.83. The number of nitrogens with one attached hydrogen (secondary N) is 1. The van der Waals surface area contributed by atoms with Crippen molar-refractivity contribution in [3.8, 4) is 0 Å². The van der Waals surface area contributed by atoms with Gasteiger partial charge in [0.05, 0.1) is 23.6 Å². The van der Waals surface area contributed by atoms with Gasteiger partial charge in [-0.3, -0.25) is 9.59 Å². The summed E-state index contributed by atoms with van der Waals surface area (Å²) >= 11 is 0. The monoisotopic (exact) mass is 557 g/mol. The van der Waals surface area contributed by atoms with Crippen LogP contribution in [0.4, 0.5) is 15.8 Å². The van der Waals surface area contributed by atoms with Crippen LogP contribution < -0.4 is 10.2 Å². The molecule has 2 amide bonds. The number of anilines is 2. The molecule has 0 saturated carbocycles. The number of hydrogen-bond acceptors (Lipinski definition) is 4. The largest absolute Gasteiger partial charge is 0.391 e. The molecule has 7 heteroatoms. The van der Waals surface area contributed by atoms with Gasteiger partial charge < -0.3 is 20.2 Å². The molecule has 0 aliphatic carbocycles. The van der Waals surface area contributed by atoms with Gasteiger partial charge in [-0.05, 0) is 78.6 Å². The lowest BCUT2D eigenvalue weighted by Crippen LogP contribution is -2.46. The van der Waals surface area contributed by atoms with Crippen LogP contribution in [0.3, 0.4) is 0 Å². The van der Waals surface area contributed by atoms with Gasteiger partial charge in [-0.2, -0.15) is 0 Å². The number of likely N-dealkylation sites (tertiary alicyclic amines) is 1. The van der Waals surface area contributed by atoms with Crippen molar-refractivity contribution in [2.75, 3.05) is 29.9 Å². The van der Waals surface area contributed by atoms with Crippen LogP contribution in [0.1, 0.15) is 73.1 Å². The predicted octanol–water partition coefficient (Wildman–Crippen LogP) is 6.23. The number of carbonyl (C=O) groups excluding carboxylic acids is 2. The van der Waals surface area contributed by atoms with E-state index >= 15 is 0 Å². The van der Waals surface area contributed by atoms with Crippen molar-refractivity contribution in [3.05, 3.63) is 94.8 Å². The van der Waals surface area contributed by atoms with Crippen LogP contribution in [-0.2, 0) is 10.2 Å². The number of halogens is 1. The molecule has 3 atom stereocenters. The topological polar surface area (TPSA) is 72.9 Å². The van der Waals surface area contributed by atoms with E-state index in [4.69, 9.17) is 0 Å². The number of hydrogen-bond donors (Lipinski definition) is 2. The van der Waals surface area contributed by atoms with Gasteiger partial charge in [0.25, 0.3) is 5.91 Å². The van der Waals surface area contributed by atoms with E-state index < -0.39 is 23.7 Å². The molecule has 3 aromatic rings. The second kappa shape index (κ2) is 11.6. The van der Waals surface area contributed by atoms with Crippen LogP contribution in [0, 0.1) is 18.7 Å². The van der Waals surface area contributed by atoms with E-state index in [2.05, 4.69) is 37.1 Å². The van der Waals surface area contributed by atoms with Gasteiger partial charge in [-0.25, -0.2) is 4.39 Å². The van der Waals surface area contributed by atoms with E-state index in [1.54, 1.807) is 24.0 Å². The van der Waals surface area contributed by atoms with E-state index in [-0.39, 0.29) is 23.0 Å². The molecule has 6 nitrogen and oxygen atoms in total. The van der Waals surface area contributed by atoms with Crippen LogP contribution in [-0.4, -0.2) is 47.6 Å². The Hall–Kier alpha value is -3.71. The number of rotatable bonds is 5. The maximum atomic E-state index is 15.0. The number of benzene rings is 3. The zero-order valence-electron chi connectivity index (χ0n) is 24.4. The molecule has 0 aromatic heterocycles. The lowest BCUT2D eigenvalue weighted by Gasteiger charge is -2.41. The van der Waals surface area contributed by atoms with Crippen molar-refractivity contribution < 1.29 is 19.1 Å². The Bertz CT molecular complexity index is 1400. The number of aliphatic hydroxyl groups is 1. The third kappa shape index (κ3) is 6.15. The predicted molar refractivity (Wildman–Crippen MR) is 161 cm³/mol. The summed E-state index contributed by atoms with van der Waals surface area (Å²) in [7, 11) is 0. The molecule has 0 spiro atoms. The second-order valence-corrected chi connectivity index (χ2v) is 12.4. The molecule has 2 unspecified atom stereocenters. The Morgan fingerprint density at radius 1 is 0.976 bits per heavy atom. The average molecular weight is 558 g/mol. The van der Waals surface area contributed by atoms with Gasteiger partial charge in [0.1, 0.15) is 5.82 Å². The Balaban J connectivity index is 1.49. The highest BCUT2D eigenvalue weighted by Crippen LogP contribution is 2.39. The molecule has 41 heavy (non-hydrogen) atoms. The Kier molecular flexibility index (Phi) is 8.18. The average Bonchev–Trinajstić information content (AvgIpc) is 3.38. The third-order valence-electron chi connectivity index (χ3n) is 8.42. The van der Waals surface area contributed by atoms with E-state index in [9.17, 15) is 19.1 Å². The highest BCUT2D eigenvalue weighted by Gasteiger charge is 2.40. The van der Waals surface area contributed by atoms with Crippen molar-refractivity contribution >= 4 is 23.2 Å². The Morgan fingerprint density at radius 3 is 2.37 bits per heavy atom. The SMILES string of the molecule is Cc1cccc(F)c1C(=O)N1CCC[C@H](C(=O)Nc2cccc(C(C)(C)C)c2)C1c1ccc(N2CCC(O)C2)cc1. The minimum Gasteiger partial charge on any atom is -0.391 e. The fraction of sp³-hybridized carbons (Fsp3) is 0.412. The molecular formula is C34H40FN3O3.